The zero-order valence-electron chi connectivity index (χ0n) is 11.6. The number of nitrogens with two attached hydrogens (primary N) is 1. The van der Waals surface area contributed by atoms with Crippen LogP contribution in [0.25, 0.3) is 0 Å². The van der Waals surface area contributed by atoms with E-state index in [1.807, 2.05) is 13.0 Å². The van der Waals surface area contributed by atoms with Gasteiger partial charge in [0, 0.05) is 18.6 Å². The first-order valence-electron chi connectivity index (χ1n) is 7.49. The van der Waals surface area contributed by atoms with Crippen molar-refractivity contribution in [1.82, 2.24) is 0 Å². The van der Waals surface area contributed by atoms with Crippen molar-refractivity contribution < 1.29 is 4.39 Å². The van der Waals surface area contributed by atoms with Gasteiger partial charge in [0.05, 0.1) is 5.69 Å². The van der Waals surface area contributed by atoms with E-state index >= 15 is 0 Å². The summed E-state index contributed by atoms with van der Waals surface area (Å²) in [4.78, 5) is 2.31. The second-order valence-electron chi connectivity index (χ2n) is 6.06. The smallest absolute Gasteiger partial charge is 0.146 e. The van der Waals surface area contributed by atoms with E-state index in [1.165, 1.54) is 32.1 Å². The van der Waals surface area contributed by atoms with Crippen molar-refractivity contribution in [2.45, 2.75) is 51.1 Å². The fraction of sp³-hybridized carbons (Fsp3) is 0.625. The average molecular weight is 262 g/mol. The molecule has 2 nitrogen and oxygen atoms in total. The van der Waals surface area contributed by atoms with Gasteiger partial charge in [0.25, 0.3) is 0 Å². The van der Waals surface area contributed by atoms with E-state index in [1.54, 1.807) is 12.1 Å². The molecule has 1 aliphatic heterocycles. The molecule has 1 saturated carbocycles. The largest absolute Gasteiger partial charge is 0.366 e. The lowest BCUT2D eigenvalue weighted by atomic mass is 9.90. The van der Waals surface area contributed by atoms with Gasteiger partial charge in [-0.15, -0.1) is 0 Å². The monoisotopic (exact) mass is 262 g/mol. The average Bonchev–Trinajstić information content (AvgIpc) is 2.86. The van der Waals surface area contributed by atoms with E-state index in [0.29, 0.717) is 6.04 Å². The van der Waals surface area contributed by atoms with E-state index < -0.39 is 0 Å². The summed E-state index contributed by atoms with van der Waals surface area (Å²) >= 11 is 0. The summed E-state index contributed by atoms with van der Waals surface area (Å²) in [5.41, 5.74) is 7.76. The number of nitrogens with zero attached hydrogens (tertiary/aromatic N) is 1. The van der Waals surface area contributed by atoms with Crippen LogP contribution in [-0.4, -0.2) is 12.6 Å². The minimum absolute atomic E-state index is 0.109. The van der Waals surface area contributed by atoms with Crippen molar-refractivity contribution in [2.75, 3.05) is 11.4 Å². The highest BCUT2D eigenvalue weighted by molar-refractivity contribution is 5.57. The third-order valence-corrected chi connectivity index (χ3v) is 4.79. The van der Waals surface area contributed by atoms with Crippen molar-refractivity contribution in [3.63, 3.8) is 0 Å². The molecule has 1 saturated heterocycles. The molecule has 3 rings (SSSR count). The molecule has 0 amide bonds. The van der Waals surface area contributed by atoms with E-state index in [4.69, 9.17) is 5.73 Å². The molecule has 1 heterocycles. The number of anilines is 1. The van der Waals surface area contributed by atoms with Gasteiger partial charge in [0.15, 0.2) is 0 Å². The first kappa shape index (κ1) is 12.9. The van der Waals surface area contributed by atoms with Gasteiger partial charge in [0.2, 0.25) is 0 Å². The number of rotatable bonds is 2. The maximum atomic E-state index is 14.4. The molecule has 0 radical (unpaired) electrons. The van der Waals surface area contributed by atoms with Crippen LogP contribution in [0.4, 0.5) is 10.1 Å². The molecule has 1 aromatic carbocycles. The molecule has 104 valence electrons. The lowest BCUT2D eigenvalue weighted by Crippen LogP contribution is -2.43. The minimum atomic E-state index is -0.118. The van der Waals surface area contributed by atoms with Gasteiger partial charge in [-0.05, 0) is 50.2 Å². The highest BCUT2D eigenvalue weighted by Crippen LogP contribution is 2.41. The number of hydrogen-bond donors (Lipinski definition) is 1. The first-order chi connectivity index (χ1) is 9.18. The van der Waals surface area contributed by atoms with Crippen molar-refractivity contribution in [3.8, 4) is 0 Å². The van der Waals surface area contributed by atoms with Crippen LogP contribution >= 0.6 is 0 Å². The van der Waals surface area contributed by atoms with Crippen LogP contribution in [0.5, 0.6) is 0 Å². The molecule has 19 heavy (non-hydrogen) atoms. The third-order valence-electron chi connectivity index (χ3n) is 4.79. The SMILES string of the molecule is C[C@H](N)c1cccc(F)c1N1CCCC2CCCC21. The molecule has 0 spiro atoms. The summed E-state index contributed by atoms with van der Waals surface area (Å²) in [6.45, 7) is 2.91. The van der Waals surface area contributed by atoms with Gasteiger partial charge in [-0.2, -0.15) is 0 Å². The van der Waals surface area contributed by atoms with Crippen molar-refractivity contribution in [3.05, 3.63) is 29.6 Å². The van der Waals surface area contributed by atoms with Gasteiger partial charge in [0.1, 0.15) is 5.82 Å². The molecule has 2 unspecified atom stereocenters. The maximum Gasteiger partial charge on any atom is 0.146 e. The number of para-hydroxylation sites is 1. The van der Waals surface area contributed by atoms with Gasteiger partial charge in [-0.3, -0.25) is 0 Å². The molecule has 2 aliphatic rings. The number of piperidine rings is 1. The molecule has 2 N–H and O–H groups in total. The number of fused-ring (bicyclic) bond motifs is 1. The summed E-state index contributed by atoms with van der Waals surface area (Å²) < 4.78 is 14.4. The summed E-state index contributed by atoms with van der Waals surface area (Å²) in [7, 11) is 0. The normalized spacial score (nSPS) is 28.3. The lowest BCUT2D eigenvalue weighted by Gasteiger charge is -2.41. The highest BCUT2D eigenvalue weighted by Gasteiger charge is 2.36. The summed E-state index contributed by atoms with van der Waals surface area (Å²) in [5.74, 6) is 0.650. The first-order valence-corrected chi connectivity index (χ1v) is 7.49. The molecule has 1 aliphatic carbocycles. The molecule has 0 aromatic heterocycles. The Balaban J connectivity index is 2.00. The molecule has 1 aromatic rings. The maximum absolute atomic E-state index is 14.4. The molecule has 3 atom stereocenters. The van der Waals surface area contributed by atoms with Gasteiger partial charge >= 0.3 is 0 Å². The molecular formula is C16H23FN2. The Morgan fingerprint density at radius 2 is 2.05 bits per heavy atom. The molecule has 0 bridgehead atoms. The molecule has 3 heteroatoms. The van der Waals surface area contributed by atoms with Crippen molar-refractivity contribution in [1.29, 1.82) is 0 Å². The van der Waals surface area contributed by atoms with Gasteiger partial charge < -0.3 is 10.6 Å². The van der Waals surface area contributed by atoms with E-state index in [9.17, 15) is 4.39 Å². The number of halogens is 1. The predicted molar refractivity (Wildman–Crippen MR) is 76.7 cm³/mol. The fourth-order valence-electron chi connectivity index (χ4n) is 3.93. The van der Waals surface area contributed by atoms with Crippen LogP contribution in [0, 0.1) is 11.7 Å². The lowest BCUT2D eigenvalue weighted by molar-refractivity contribution is 0.358. The zero-order valence-corrected chi connectivity index (χ0v) is 11.6. The van der Waals surface area contributed by atoms with E-state index in [2.05, 4.69) is 4.90 Å². The molecular weight excluding hydrogens is 239 g/mol. The predicted octanol–water partition coefficient (Wildman–Crippen LogP) is 3.61. The Kier molecular flexibility index (Phi) is 3.48. The fourth-order valence-corrected chi connectivity index (χ4v) is 3.93. The van der Waals surface area contributed by atoms with E-state index in [0.717, 1.165) is 23.7 Å². The Morgan fingerprint density at radius 1 is 1.26 bits per heavy atom. The van der Waals surface area contributed by atoms with Crippen LogP contribution in [0.1, 0.15) is 50.6 Å². The van der Waals surface area contributed by atoms with Crippen LogP contribution in [-0.2, 0) is 0 Å². The Morgan fingerprint density at radius 3 is 2.84 bits per heavy atom. The minimum Gasteiger partial charge on any atom is -0.366 e. The number of hydrogen-bond acceptors (Lipinski definition) is 2. The quantitative estimate of drug-likeness (QED) is 0.882. The topological polar surface area (TPSA) is 29.3 Å². The Bertz CT molecular complexity index is 458. The standard InChI is InChI=1S/C16H23FN2/c1-11(18)13-7-3-8-14(17)16(13)19-10-4-6-12-5-2-9-15(12)19/h3,7-8,11-12,15H,2,4-6,9-10,18H2,1H3/t11-,12?,15?/m0/s1. The third kappa shape index (κ3) is 2.25. The van der Waals surface area contributed by atoms with E-state index in [-0.39, 0.29) is 11.9 Å². The number of benzene rings is 1. The second-order valence-corrected chi connectivity index (χ2v) is 6.06. The summed E-state index contributed by atoms with van der Waals surface area (Å²) in [5, 5.41) is 0. The van der Waals surface area contributed by atoms with Crippen LogP contribution < -0.4 is 10.6 Å². The van der Waals surface area contributed by atoms with Gasteiger partial charge in [-0.1, -0.05) is 18.6 Å². The van der Waals surface area contributed by atoms with Crippen molar-refractivity contribution in [2.24, 2.45) is 11.7 Å². The van der Waals surface area contributed by atoms with Crippen LogP contribution in [0.15, 0.2) is 18.2 Å². The van der Waals surface area contributed by atoms with Crippen LogP contribution in [0.2, 0.25) is 0 Å². The summed E-state index contributed by atoms with van der Waals surface area (Å²) in [6.07, 6.45) is 6.28. The summed E-state index contributed by atoms with van der Waals surface area (Å²) in [6, 6.07) is 5.73. The zero-order chi connectivity index (χ0) is 13.4. The van der Waals surface area contributed by atoms with Gasteiger partial charge in [-0.25, -0.2) is 4.39 Å². The highest BCUT2D eigenvalue weighted by atomic mass is 19.1. The van der Waals surface area contributed by atoms with Crippen molar-refractivity contribution >= 4 is 5.69 Å². The van der Waals surface area contributed by atoms with Crippen LogP contribution in [0.3, 0.4) is 0 Å². The molecule has 2 fully saturated rings. The second kappa shape index (κ2) is 5.12. The Labute approximate surface area is 114 Å². The Hall–Kier alpha value is -1.09.